The summed E-state index contributed by atoms with van der Waals surface area (Å²) in [4.78, 5) is 0.761. The van der Waals surface area contributed by atoms with E-state index in [9.17, 15) is 13.2 Å². The first-order chi connectivity index (χ1) is 10.4. The molecule has 1 aliphatic heterocycles. The van der Waals surface area contributed by atoms with Crippen molar-refractivity contribution in [2.45, 2.75) is 55.9 Å². The fourth-order valence-electron chi connectivity index (χ4n) is 3.56. The van der Waals surface area contributed by atoms with Crippen molar-refractivity contribution < 1.29 is 13.2 Å². The van der Waals surface area contributed by atoms with E-state index in [0.29, 0.717) is 15.4 Å². The van der Waals surface area contributed by atoms with Crippen molar-refractivity contribution in [1.82, 2.24) is 0 Å². The second-order valence-electron chi connectivity index (χ2n) is 6.13. The standard InChI is InChI=1S/C17H20ClF3S/c1-2-5-12-8-9-14-11-16(13-6-3-4-7-13)22(18,15(14)10-12)17(19,20)21/h8-11,13H,2-7H2,1H3. The van der Waals surface area contributed by atoms with Gasteiger partial charge in [-0.3, -0.25) is 0 Å². The van der Waals surface area contributed by atoms with Gasteiger partial charge in [-0.15, -0.1) is 0 Å². The molecule has 1 saturated carbocycles. The Morgan fingerprint density at radius 1 is 1.23 bits per heavy atom. The Morgan fingerprint density at radius 2 is 1.91 bits per heavy atom. The number of fused-ring (bicyclic) bond motifs is 1. The third-order valence-corrected chi connectivity index (χ3v) is 8.88. The smallest absolute Gasteiger partial charge is 0.160 e. The summed E-state index contributed by atoms with van der Waals surface area (Å²) in [5.41, 5.74) is -2.77. The second kappa shape index (κ2) is 5.79. The summed E-state index contributed by atoms with van der Waals surface area (Å²) in [5, 5.41) is 0. The van der Waals surface area contributed by atoms with Gasteiger partial charge in [-0.25, -0.2) is 0 Å². The Morgan fingerprint density at radius 3 is 2.50 bits per heavy atom. The van der Waals surface area contributed by atoms with Crippen molar-refractivity contribution in [2.24, 2.45) is 5.92 Å². The third kappa shape index (κ3) is 2.48. The molecule has 1 aromatic carbocycles. The lowest BCUT2D eigenvalue weighted by Gasteiger charge is -2.37. The molecule has 0 aromatic heterocycles. The van der Waals surface area contributed by atoms with Crippen LogP contribution in [0.4, 0.5) is 13.2 Å². The minimum Gasteiger partial charge on any atom is -0.160 e. The predicted molar refractivity (Wildman–Crippen MR) is 88.1 cm³/mol. The molecule has 2 aliphatic rings. The van der Waals surface area contributed by atoms with Crippen molar-refractivity contribution in [3.63, 3.8) is 0 Å². The van der Waals surface area contributed by atoms with Crippen LogP contribution in [0.15, 0.2) is 28.0 Å². The summed E-state index contributed by atoms with van der Waals surface area (Å²) in [7, 11) is 2.97. The van der Waals surface area contributed by atoms with Crippen molar-refractivity contribution >= 4 is 26.0 Å². The summed E-state index contributed by atoms with van der Waals surface area (Å²) in [5.74, 6) is -0.00356. The summed E-state index contributed by atoms with van der Waals surface area (Å²) in [6.07, 6.45) is 7.11. The van der Waals surface area contributed by atoms with Gasteiger partial charge >= 0.3 is 5.51 Å². The molecule has 0 radical (unpaired) electrons. The van der Waals surface area contributed by atoms with E-state index in [2.05, 4.69) is 0 Å². The minimum atomic E-state index is -4.39. The van der Waals surface area contributed by atoms with Crippen LogP contribution in [-0.2, 0) is 6.42 Å². The summed E-state index contributed by atoms with van der Waals surface area (Å²) in [6, 6.07) is 5.45. The van der Waals surface area contributed by atoms with Gasteiger partial charge < -0.3 is 0 Å². The number of aryl methyl sites for hydroxylation is 1. The van der Waals surface area contributed by atoms with Crippen LogP contribution in [0.1, 0.15) is 50.2 Å². The summed E-state index contributed by atoms with van der Waals surface area (Å²) in [6.45, 7) is 2.03. The molecule has 1 heterocycles. The van der Waals surface area contributed by atoms with Gasteiger partial charge in [0.1, 0.15) is 0 Å². The van der Waals surface area contributed by atoms with Gasteiger partial charge in [0.05, 0.1) is 0 Å². The Balaban J connectivity index is 2.10. The molecular formula is C17H20ClF3S. The SMILES string of the molecule is CCCc1ccc2c(c1)S(Cl)(C(F)(F)F)C(C1CCCC1)=C2. The molecule has 0 nitrogen and oxygen atoms in total. The number of hydrogen-bond donors (Lipinski definition) is 0. The van der Waals surface area contributed by atoms with Crippen LogP contribution in [0.5, 0.6) is 0 Å². The maximum Gasteiger partial charge on any atom is 0.445 e. The van der Waals surface area contributed by atoms with E-state index >= 15 is 0 Å². The molecule has 1 unspecified atom stereocenters. The fraction of sp³-hybridized carbons (Fsp3) is 0.529. The molecule has 1 aliphatic carbocycles. The zero-order valence-electron chi connectivity index (χ0n) is 12.5. The highest BCUT2D eigenvalue weighted by Crippen LogP contribution is 2.81. The topological polar surface area (TPSA) is 0 Å². The number of allylic oxidation sites excluding steroid dienone is 1. The molecule has 0 bridgehead atoms. The number of benzene rings is 1. The minimum absolute atomic E-state index is 0.00356. The molecule has 1 aromatic rings. The first-order valence-electron chi connectivity index (χ1n) is 7.81. The molecule has 5 heteroatoms. The molecular weight excluding hydrogens is 329 g/mol. The van der Waals surface area contributed by atoms with Crippen molar-refractivity contribution in [3.05, 3.63) is 34.2 Å². The number of alkyl halides is 3. The molecule has 0 spiro atoms. The second-order valence-corrected chi connectivity index (χ2v) is 9.97. The molecule has 1 atom stereocenters. The molecule has 3 rings (SSSR count). The third-order valence-electron chi connectivity index (χ3n) is 4.62. The van der Waals surface area contributed by atoms with E-state index < -0.39 is 14.7 Å². The first-order valence-corrected chi connectivity index (χ1v) is 10.3. The van der Waals surface area contributed by atoms with E-state index in [1.54, 1.807) is 12.1 Å². The lowest BCUT2D eigenvalue weighted by Crippen LogP contribution is -2.19. The molecule has 22 heavy (non-hydrogen) atoms. The maximum atomic E-state index is 13.9. The zero-order valence-corrected chi connectivity index (χ0v) is 14.1. The van der Waals surface area contributed by atoms with Gasteiger partial charge in [-0.05, 0) is 73.3 Å². The van der Waals surface area contributed by atoms with Crippen LogP contribution in [0.3, 0.4) is 0 Å². The van der Waals surface area contributed by atoms with Crippen molar-refractivity contribution in [2.75, 3.05) is 0 Å². The maximum absolute atomic E-state index is 13.9. The Bertz CT molecular complexity index is 602. The van der Waals surface area contributed by atoms with Crippen LogP contribution in [-0.4, -0.2) is 5.51 Å². The number of hydrogen-bond acceptors (Lipinski definition) is 0. The molecule has 0 N–H and O–H groups in total. The fourth-order valence-corrected chi connectivity index (χ4v) is 7.00. The predicted octanol–water partition coefficient (Wildman–Crippen LogP) is 7.02. The van der Waals surface area contributed by atoms with Gasteiger partial charge in [0.25, 0.3) is 0 Å². The van der Waals surface area contributed by atoms with Gasteiger partial charge in [-0.1, -0.05) is 38.3 Å². The van der Waals surface area contributed by atoms with Gasteiger partial charge in [0, 0.05) is 4.90 Å². The number of rotatable bonds is 3. The van der Waals surface area contributed by atoms with Crippen LogP contribution in [0.2, 0.25) is 0 Å². The van der Waals surface area contributed by atoms with E-state index in [-0.39, 0.29) is 5.92 Å². The Hall–Kier alpha value is -0.610. The first kappa shape index (κ1) is 16.3. The normalized spacial score (nSPS) is 28.3. The average molecular weight is 349 g/mol. The van der Waals surface area contributed by atoms with E-state index in [4.69, 9.17) is 10.7 Å². The molecule has 0 saturated heterocycles. The largest absolute Gasteiger partial charge is 0.445 e. The quantitative estimate of drug-likeness (QED) is 0.550. The van der Waals surface area contributed by atoms with Crippen LogP contribution in [0, 0.1) is 5.92 Å². The number of halogens is 4. The van der Waals surface area contributed by atoms with E-state index in [1.165, 1.54) is 0 Å². The highest BCUT2D eigenvalue weighted by Gasteiger charge is 2.57. The van der Waals surface area contributed by atoms with Gasteiger partial charge in [0.2, 0.25) is 0 Å². The lowest BCUT2D eigenvalue weighted by atomic mass is 10.0. The van der Waals surface area contributed by atoms with Crippen LogP contribution < -0.4 is 0 Å². The molecule has 0 amide bonds. The zero-order chi connectivity index (χ0) is 16.0. The van der Waals surface area contributed by atoms with Gasteiger partial charge in [0.15, 0.2) is 0 Å². The molecule has 122 valence electrons. The summed E-state index contributed by atoms with van der Waals surface area (Å²) >= 11 is 0. The monoisotopic (exact) mass is 348 g/mol. The van der Waals surface area contributed by atoms with Crippen LogP contribution in [0.25, 0.3) is 6.08 Å². The highest BCUT2D eigenvalue weighted by molar-refractivity contribution is 8.54. The Kier molecular flexibility index (Phi) is 4.28. The van der Waals surface area contributed by atoms with Crippen molar-refractivity contribution in [3.8, 4) is 0 Å². The Labute approximate surface area is 135 Å². The van der Waals surface area contributed by atoms with Gasteiger partial charge in [-0.2, -0.15) is 13.2 Å². The highest BCUT2D eigenvalue weighted by atomic mass is 35.7. The lowest BCUT2D eigenvalue weighted by molar-refractivity contribution is -0.0360. The van der Waals surface area contributed by atoms with E-state index in [0.717, 1.165) is 44.1 Å². The molecule has 1 fully saturated rings. The van der Waals surface area contributed by atoms with Crippen LogP contribution >= 0.6 is 19.9 Å². The summed E-state index contributed by atoms with van der Waals surface area (Å²) < 4.78 is 41.7. The van der Waals surface area contributed by atoms with Crippen molar-refractivity contribution in [1.29, 1.82) is 0 Å². The van der Waals surface area contributed by atoms with E-state index in [1.807, 2.05) is 19.1 Å². The average Bonchev–Trinajstić information content (AvgIpc) is 3.06.